The monoisotopic (exact) mass is 750 g/mol. The zero-order valence-electron chi connectivity index (χ0n) is 31.6. The fourth-order valence-electron chi connectivity index (χ4n) is 8.47. The van der Waals surface area contributed by atoms with Gasteiger partial charge in [0.25, 0.3) is 0 Å². The molecule has 4 aromatic rings. The minimum Gasteiger partial charge on any atom is -0.377 e. The number of fused-ring (bicyclic) bond motifs is 3. The zero-order valence-corrected chi connectivity index (χ0v) is 31.6. The highest BCUT2D eigenvalue weighted by atomic mass is 16.7. The maximum absolute atomic E-state index is 12.9. The molecule has 4 aliphatic heterocycles. The quantitative estimate of drug-likeness (QED) is 0.146. The standard InChI is InChI=1S/C46H54O9/c1-32-24-39-42(31-51-45(54-39)36-20-12-5-13-21-36)52-40-27-44-46(47,55-41(40)25-32)43(50-30-35-18-10-4-11-19-35)26-38(49-29-34-16-8-3-9-17-34)37(53-44)22-23-48-28-33-14-6-2-7-15-33/h2-21,32,37-45,47H,22-31H2,1H3/t32-,37+,38-,39+,40+,41-,42-,43-,44-,45-,46+/m1/s1. The number of aliphatic hydroxyl groups is 1. The summed E-state index contributed by atoms with van der Waals surface area (Å²) in [6.45, 7) is 4.27. The molecule has 9 nitrogen and oxygen atoms in total. The molecular formula is C46H54O9. The van der Waals surface area contributed by atoms with E-state index in [9.17, 15) is 5.11 Å². The van der Waals surface area contributed by atoms with Crippen molar-refractivity contribution < 1.29 is 43.0 Å². The summed E-state index contributed by atoms with van der Waals surface area (Å²) in [6, 6.07) is 40.4. The summed E-state index contributed by atoms with van der Waals surface area (Å²) in [4.78, 5) is 0. The summed E-state index contributed by atoms with van der Waals surface area (Å²) in [7, 11) is 0. The molecule has 4 aliphatic rings. The molecule has 0 saturated carbocycles. The smallest absolute Gasteiger partial charge is 0.220 e. The number of benzene rings is 4. The largest absolute Gasteiger partial charge is 0.377 e. The van der Waals surface area contributed by atoms with Gasteiger partial charge >= 0.3 is 0 Å². The lowest BCUT2D eigenvalue weighted by molar-refractivity contribution is -0.377. The second kappa shape index (κ2) is 18.2. The summed E-state index contributed by atoms with van der Waals surface area (Å²) < 4.78 is 53.2. The lowest BCUT2D eigenvalue weighted by Gasteiger charge is -2.51. The molecule has 292 valence electrons. The van der Waals surface area contributed by atoms with Crippen LogP contribution in [0.4, 0.5) is 0 Å². The molecule has 4 heterocycles. The Balaban J connectivity index is 1.04. The lowest BCUT2D eigenvalue weighted by Crippen LogP contribution is -2.64. The average Bonchev–Trinajstić information content (AvgIpc) is 3.32. The number of ether oxygens (including phenoxy) is 8. The van der Waals surface area contributed by atoms with Crippen molar-refractivity contribution in [3.8, 4) is 0 Å². The molecule has 0 aromatic heterocycles. The SMILES string of the molecule is C[C@@H]1C[C@@H]2O[C@H](c3ccccc3)OC[C@H]2O[C@H]2C[C@H]3O[C@@H](CCOCc4ccccc4)[C@H](OCc4ccccc4)C[C@@H](OCc4ccccc4)[C@]3(O)O[C@@H]2C1. The number of hydrogen-bond donors (Lipinski definition) is 1. The zero-order chi connectivity index (χ0) is 37.5. The van der Waals surface area contributed by atoms with Crippen molar-refractivity contribution in [2.75, 3.05) is 13.2 Å². The van der Waals surface area contributed by atoms with E-state index in [0.29, 0.717) is 58.7 Å². The first-order chi connectivity index (χ1) is 27.0. The van der Waals surface area contributed by atoms with E-state index in [1.807, 2.05) is 97.1 Å². The van der Waals surface area contributed by atoms with E-state index in [1.54, 1.807) is 0 Å². The first-order valence-electron chi connectivity index (χ1n) is 20.0. The molecule has 8 rings (SSSR count). The molecule has 55 heavy (non-hydrogen) atoms. The highest BCUT2D eigenvalue weighted by Gasteiger charge is 2.59. The van der Waals surface area contributed by atoms with Crippen LogP contribution in [0.2, 0.25) is 0 Å². The Hall–Kier alpha value is -3.48. The van der Waals surface area contributed by atoms with Gasteiger partial charge in [0, 0.05) is 25.0 Å². The molecule has 4 fully saturated rings. The first-order valence-corrected chi connectivity index (χ1v) is 20.0. The van der Waals surface area contributed by atoms with Gasteiger partial charge in [-0.1, -0.05) is 128 Å². The number of hydrogen-bond acceptors (Lipinski definition) is 9. The number of rotatable bonds is 12. The van der Waals surface area contributed by atoms with Crippen molar-refractivity contribution in [2.24, 2.45) is 5.92 Å². The normalized spacial score (nSPS) is 33.6. The summed E-state index contributed by atoms with van der Waals surface area (Å²) >= 11 is 0. The topological polar surface area (TPSA) is 94.1 Å². The van der Waals surface area contributed by atoms with Gasteiger partial charge < -0.3 is 43.0 Å². The first kappa shape index (κ1) is 38.4. The molecule has 1 N–H and O–H groups in total. The van der Waals surface area contributed by atoms with Gasteiger partial charge in [-0.15, -0.1) is 0 Å². The van der Waals surface area contributed by atoms with Crippen LogP contribution in [0, 0.1) is 5.92 Å². The molecule has 0 spiro atoms. The van der Waals surface area contributed by atoms with Crippen LogP contribution in [0.3, 0.4) is 0 Å². The third kappa shape index (κ3) is 9.56. The van der Waals surface area contributed by atoms with E-state index in [1.165, 1.54) is 0 Å². The van der Waals surface area contributed by atoms with Crippen LogP contribution in [0.25, 0.3) is 0 Å². The Labute approximate surface area is 324 Å². The highest BCUT2D eigenvalue weighted by molar-refractivity contribution is 5.17. The van der Waals surface area contributed by atoms with E-state index >= 15 is 0 Å². The summed E-state index contributed by atoms with van der Waals surface area (Å²) in [5.41, 5.74) is 4.17. The van der Waals surface area contributed by atoms with Gasteiger partial charge in [-0.3, -0.25) is 0 Å². The fraction of sp³-hybridized carbons (Fsp3) is 0.478. The van der Waals surface area contributed by atoms with Crippen molar-refractivity contribution in [1.29, 1.82) is 0 Å². The fourth-order valence-corrected chi connectivity index (χ4v) is 8.47. The van der Waals surface area contributed by atoms with Crippen LogP contribution in [0.1, 0.15) is 67.6 Å². The van der Waals surface area contributed by atoms with Crippen LogP contribution in [0.15, 0.2) is 121 Å². The Morgan fingerprint density at radius 3 is 1.87 bits per heavy atom. The van der Waals surface area contributed by atoms with E-state index in [2.05, 4.69) is 31.2 Å². The van der Waals surface area contributed by atoms with Crippen LogP contribution >= 0.6 is 0 Å². The van der Waals surface area contributed by atoms with Crippen molar-refractivity contribution in [3.05, 3.63) is 144 Å². The molecule has 0 bridgehead atoms. The lowest BCUT2D eigenvalue weighted by atomic mass is 9.84. The second-order valence-corrected chi connectivity index (χ2v) is 15.5. The van der Waals surface area contributed by atoms with Crippen LogP contribution in [0.5, 0.6) is 0 Å². The second-order valence-electron chi connectivity index (χ2n) is 15.5. The average molecular weight is 751 g/mol. The predicted molar refractivity (Wildman–Crippen MR) is 206 cm³/mol. The molecule has 4 aromatic carbocycles. The van der Waals surface area contributed by atoms with Crippen molar-refractivity contribution in [3.63, 3.8) is 0 Å². The predicted octanol–water partition coefficient (Wildman–Crippen LogP) is 7.70. The minimum absolute atomic E-state index is 0.141. The summed E-state index contributed by atoms with van der Waals surface area (Å²) in [5, 5.41) is 12.9. The molecule has 0 unspecified atom stereocenters. The van der Waals surface area contributed by atoms with Crippen molar-refractivity contribution in [1.82, 2.24) is 0 Å². The molecule has 0 aliphatic carbocycles. The Morgan fingerprint density at radius 2 is 1.20 bits per heavy atom. The van der Waals surface area contributed by atoms with E-state index in [4.69, 9.17) is 37.9 Å². The summed E-state index contributed by atoms with van der Waals surface area (Å²) in [5.74, 6) is -1.51. The molecule has 0 radical (unpaired) electrons. The maximum Gasteiger partial charge on any atom is 0.220 e. The van der Waals surface area contributed by atoms with E-state index < -0.39 is 36.5 Å². The van der Waals surface area contributed by atoms with Gasteiger partial charge in [0.1, 0.15) is 18.3 Å². The van der Waals surface area contributed by atoms with Gasteiger partial charge in [-0.2, -0.15) is 0 Å². The van der Waals surface area contributed by atoms with Gasteiger partial charge in [0.2, 0.25) is 5.79 Å². The van der Waals surface area contributed by atoms with Crippen LogP contribution in [-0.2, 0) is 57.7 Å². The minimum atomic E-state index is -1.75. The van der Waals surface area contributed by atoms with Crippen molar-refractivity contribution >= 4 is 0 Å². The Morgan fingerprint density at radius 1 is 0.618 bits per heavy atom. The van der Waals surface area contributed by atoms with Gasteiger partial charge in [-0.25, -0.2) is 0 Å². The Kier molecular flexibility index (Phi) is 12.7. The third-order valence-corrected chi connectivity index (χ3v) is 11.4. The Bertz CT molecular complexity index is 1730. The molecule has 9 heteroatoms. The van der Waals surface area contributed by atoms with E-state index in [-0.39, 0.29) is 30.3 Å². The molecule has 11 atom stereocenters. The maximum atomic E-state index is 12.9. The van der Waals surface area contributed by atoms with Gasteiger partial charge in [-0.05, 0) is 41.9 Å². The molecule has 4 saturated heterocycles. The van der Waals surface area contributed by atoms with Gasteiger partial charge in [0.15, 0.2) is 6.29 Å². The van der Waals surface area contributed by atoms with Crippen LogP contribution in [-0.4, -0.2) is 72.9 Å². The third-order valence-electron chi connectivity index (χ3n) is 11.4. The highest BCUT2D eigenvalue weighted by Crippen LogP contribution is 2.45. The van der Waals surface area contributed by atoms with Crippen molar-refractivity contribution in [2.45, 2.75) is 120 Å². The molecular weight excluding hydrogens is 696 g/mol. The summed E-state index contributed by atoms with van der Waals surface area (Å²) in [6.07, 6.45) is -1.09. The van der Waals surface area contributed by atoms with Crippen LogP contribution < -0.4 is 0 Å². The van der Waals surface area contributed by atoms with Gasteiger partial charge in [0.05, 0.1) is 56.9 Å². The van der Waals surface area contributed by atoms with E-state index in [0.717, 1.165) is 28.7 Å². The molecule has 0 amide bonds.